The van der Waals surface area contributed by atoms with Gasteiger partial charge in [-0.05, 0) is 203 Å². The number of anilines is 3. The Labute approximate surface area is 380 Å². The SMILES string of the molecule is Cc1cc(N(c2ccc(-c3cc4ccccc4c4ccccc34)cc2C)c2ccc(-c3cc4ccccc4c4ccccc34)cc2C)c(C)cc1-c1cc2ccccc2c2ccccc12. The standard InChI is InChI=1S/C64H47N/c1-40-36-64(43(4)35-58(40)61-39-46-19-7-10-22-51(46)54-25-13-16-28-57(54)61)65(62-31-29-47(33-41(62)2)59-37-44-17-5-8-20-49(44)52-23-11-14-26-55(52)59)63-32-30-48(34-42(63)3)60-38-45-18-6-9-21-50(45)53-24-12-15-27-56(53)60/h5-39H,1-4H3. The molecule has 0 aliphatic heterocycles. The second-order valence-corrected chi connectivity index (χ2v) is 17.9. The van der Waals surface area contributed by atoms with Crippen LogP contribution in [0.2, 0.25) is 0 Å². The Morgan fingerprint density at radius 3 is 0.985 bits per heavy atom. The molecule has 0 N–H and O–H groups in total. The van der Waals surface area contributed by atoms with Gasteiger partial charge in [-0.2, -0.15) is 0 Å². The minimum Gasteiger partial charge on any atom is -0.310 e. The first-order valence-corrected chi connectivity index (χ1v) is 22.7. The predicted molar refractivity (Wildman–Crippen MR) is 281 cm³/mol. The van der Waals surface area contributed by atoms with Crippen LogP contribution in [0, 0.1) is 27.7 Å². The van der Waals surface area contributed by atoms with Crippen LogP contribution in [0.15, 0.2) is 212 Å². The van der Waals surface area contributed by atoms with Crippen LogP contribution < -0.4 is 4.90 Å². The molecule has 12 rings (SSSR count). The van der Waals surface area contributed by atoms with Crippen LogP contribution in [0.5, 0.6) is 0 Å². The molecule has 0 atom stereocenters. The lowest BCUT2D eigenvalue weighted by Crippen LogP contribution is -2.14. The molecular formula is C64H47N. The molecule has 65 heavy (non-hydrogen) atoms. The molecule has 12 aromatic carbocycles. The second kappa shape index (κ2) is 15.4. The molecule has 0 saturated heterocycles. The molecule has 1 nitrogen and oxygen atoms in total. The van der Waals surface area contributed by atoms with Crippen molar-refractivity contribution in [3.63, 3.8) is 0 Å². The summed E-state index contributed by atoms with van der Waals surface area (Å²) in [5, 5.41) is 15.3. The highest BCUT2D eigenvalue weighted by Crippen LogP contribution is 2.46. The van der Waals surface area contributed by atoms with Gasteiger partial charge in [0.25, 0.3) is 0 Å². The molecule has 0 aromatic heterocycles. The Bertz CT molecular complexity index is 3720. The highest BCUT2D eigenvalue weighted by atomic mass is 15.1. The molecule has 308 valence electrons. The zero-order chi connectivity index (χ0) is 43.8. The molecule has 0 heterocycles. The van der Waals surface area contributed by atoms with E-state index in [1.165, 1.54) is 126 Å². The van der Waals surface area contributed by atoms with Gasteiger partial charge in [0.15, 0.2) is 0 Å². The lowest BCUT2D eigenvalue weighted by molar-refractivity contribution is 1.20. The average molecular weight is 830 g/mol. The first-order chi connectivity index (χ1) is 31.9. The number of fused-ring (bicyclic) bond motifs is 9. The second-order valence-electron chi connectivity index (χ2n) is 17.9. The van der Waals surface area contributed by atoms with Crippen molar-refractivity contribution in [2.75, 3.05) is 4.90 Å². The number of hydrogen-bond donors (Lipinski definition) is 0. The summed E-state index contributed by atoms with van der Waals surface area (Å²) in [4.78, 5) is 2.51. The van der Waals surface area contributed by atoms with Crippen LogP contribution >= 0.6 is 0 Å². The lowest BCUT2D eigenvalue weighted by atomic mass is 9.89. The Balaban J connectivity index is 1.05. The average Bonchev–Trinajstić information content (AvgIpc) is 3.35. The summed E-state index contributed by atoms with van der Waals surface area (Å²) < 4.78 is 0. The maximum Gasteiger partial charge on any atom is 0.0494 e. The van der Waals surface area contributed by atoms with E-state index in [1.54, 1.807) is 0 Å². The van der Waals surface area contributed by atoms with E-state index in [9.17, 15) is 0 Å². The van der Waals surface area contributed by atoms with E-state index in [4.69, 9.17) is 0 Å². The topological polar surface area (TPSA) is 3.24 Å². The van der Waals surface area contributed by atoms with Gasteiger partial charge < -0.3 is 4.90 Å². The summed E-state index contributed by atoms with van der Waals surface area (Å²) in [5.41, 5.74) is 15.9. The minimum absolute atomic E-state index is 1.16. The Hall–Kier alpha value is -8.00. The molecular weight excluding hydrogens is 783 g/mol. The van der Waals surface area contributed by atoms with E-state index >= 15 is 0 Å². The normalized spacial score (nSPS) is 11.7. The highest BCUT2D eigenvalue weighted by molar-refractivity contribution is 6.16. The molecule has 0 fully saturated rings. The van der Waals surface area contributed by atoms with Crippen LogP contribution in [0.4, 0.5) is 17.1 Å². The van der Waals surface area contributed by atoms with E-state index in [0.29, 0.717) is 0 Å². The van der Waals surface area contributed by atoms with E-state index in [-0.39, 0.29) is 0 Å². The number of nitrogens with zero attached hydrogens (tertiary/aromatic N) is 1. The number of aryl methyl sites for hydroxylation is 4. The van der Waals surface area contributed by atoms with Crippen molar-refractivity contribution >= 4 is 81.7 Å². The summed E-state index contributed by atoms with van der Waals surface area (Å²) in [6.07, 6.45) is 0. The largest absolute Gasteiger partial charge is 0.310 e. The van der Waals surface area contributed by atoms with Crippen molar-refractivity contribution in [2.24, 2.45) is 0 Å². The van der Waals surface area contributed by atoms with Gasteiger partial charge in [-0.1, -0.05) is 158 Å². The number of rotatable bonds is 6. The van der Waals surface area contributed by atoms with Crippen LogP contribution in [0.25, 0.3) is 98.0 Å². The molecule has 0 unspecified atom stereocenters. The Kier molecular flexibility index (Phi) is 9.14. The first kappa shape index (κ1) is 38.7. The maximum absolute atomic E-state index is 2.51. The molecule has 12 aromatic rings. The monoisotopic (exact) mass is 829 g/mol. The Morgan fingerprint density at radius 2 is 0.569 bits per heavy atom. The smallest absolute Gasteiger partial charge is 0.0494 e. The van der Waals surface area contributed by atoms with Gasteiger partial charge in [-0.15, -0.1) is 0 Å². The molecule has 0 saturated carbocycles. The van der Waals surface area contributed by atoms with Crippen LogP contribution in [-0.2, 0) is 0 Å². The molecule has 0 amide bonds. The molecule has 0 radical (unpaired) electrons. The summed E-state index contributed by atoms with van der Waals surface area (Å²) in [6.45, 7) is 9.11. The fourth-order valence-corrected chi connectivity index (χ4v) is 10.7. The van der Waals surface area contributed by atoms with Gasteiger partial charge >= 0.3 is 0 Å². The third-order valence-electron chi connectivity index (χ3n) is 13.9. The number of hydrogen-bond acceptors (Lipinski definition) is 1. The van der Waals surface area contributed by atoms with Gasteiger partial charge in [-0.25, -0.2) is 0 Å². The van der Waals surface area contributed by atoms with E-state index in [0.717, 1.165) is 11.4 Å². The van der Waals surface area contributed by atoms with Crippen molar-refractivity contribution in [3.8, 4) is 33.4 Å². The van der Waals surface area contributed by atoms with E-state index in [2.05, 4.69) is 245 Å². The van der Waals surface area contributed by atoms with Gasteiger partial charge in [0.1, 0.15) is 0 Å². The third kappa shape index (κ3) is 6.38. The third-order valence-corrected chi connectivity index (χ3v) is 13.9. The van der Waals surface area contributed by atoms with Crippen molar-refractivity contribution in [1.29, 1.82) is 0 Å². The molecule has 0 bridgehead atoms. The van der Waals surface area contributed by atoms with Gasteiger partial charge in [0.2, 0.25) is 0 Å². The summed E-state index contributed by atoms with van der Waals surface area (Å²) in [7, 11) is 0. The predicted octanol–water partition coefficient (Wildman–Crippen LogP) is 18.3. The highest BCUT2D eigenvalue weighted by Gasteiger charge is 2.23. The van der Waals surface area contributed by atoms with Gasteiger partial charge in [0.05, 0.1) is 0 Å². The van der Waals surface area contributed by atoms with Gasteiger partial charge in [-0.3, -0.25) is 0 Å². The molecule has 0 aliphatic rings. The summed E-state index contributed by atoms with van der Waals surface area (Å²) in [6, 6.07) is 78.9. The van der Waals surface area contributed by atoms with E-state index < -0.39 is 0 Å². The molecule has 1 heteroatoms. The number of benzene rings is 12. The van der Waals surface area contributed by atoms with Gasteiger partial charge in [0, 0.05) is 17.1 Å². The fraction of sp³-hybridized carbons (Fsp3) is 0.0625. The van der Waals surface area contributed by atoms with Crippen molar-refractivity contribution in [1.82, 2.24) is 0 Å². The molecule has 0 spiro atoms. The van der Waals surface area contributed by atoms with Crippen LogP contribution in [0.1, 0.15) is 22.3 Å². The van der Waals surface area contributed by atoms with Crippen molar-refractivity contribution < 1.29 is 0 Å². The maximum atomic E-state index is 2.51. The van der Waals surface area contributed by atoms with E-state index in [1.807, 2.05) is 0 Å². The minimum atomic E-state index is 1.16. The quantitative estimate of drug-likeness (QED) is 0.151. The van der Waals surface area contributed by atoms with Crippen LogP contribution in [-0.4, -0.2) is 0 Å². The zero-order valence-corrected chi connectivity index (χ0v) is 37.2. The zero-order valence-electron chi connectivity index (χ0n) is 37.2. The summed E-state index contributed by atoms with van der Waals surface area (Å²) >= 11 is 0. The van der Waals surface area contributed by atoms with Crippen molar-refractivity contribution in [2.45, 2.75) is 27.7 Å². The summed E-state index contributed by atoms with van der Waals surface area (Å²) in [5.74, 6) is 0. The molecule has 0 aliphatic carbocycles. The van der Waals surface area contributed by atoms with Crippen LogP contribution in [0.3, 0.4) is 0 Å². The lowest BCUT2D eigenvalue weighted by Gasteiger charge is -2.31. The first-order valence-electron chi connectivity index (χ1n) is 22.7. The van der Waals surface area contributed by atoms with Crippen molar-refractivity contribution in [3.05, 3.63) is 235 Å². The Morgan fingerprint density at radius 1 is 0.231 bits per heavy atom. The fourth-order valence-electron chi connectivity index (χ4n) is 10.7.